The van der Waals surface area contributed by atoms with Crippen molar-refractivity contribution in [3.05, 3.63) is 90.3 Å². The number of aromatic nitrogens is 1. The van der Waals surface area contributed by atoms with Crippen molar-refractivity contribution >= 4 is 17.6 Å². The molecule has 0 aliphatic carbocycles. The molecule has 2 unspecified atom stereocenters. The van der Waals surface area contributed by atoms with Gasteiger partial charge in [-0.3, -0.25) is 4.98 Å². The highest BCUT2D eigenvalue weighted by atomic mass is 19.4. The van der Waals surface area contributed by atoms with Crippen molar-refractivity contribution in [3.63, 3.8) is 0 Å². The van der Waals surface area contributed by atoms with Crippen LogP contribution in [0.4, 0.5) is 18.0 Å². The van der Waals surface area contributed by atoms with Crippen LogP contribution in [0.25, 0.3) is 16.7 Å². The number of pyridine rings is 1. The minimum Gasteiger partial charge on any atom is -0.497 e. The first-order valence-electron chi connectivity index (χ1n) is 12.4. The van der Waals surface area contributed by atoms with E-state index in [1.54, 1.807) is 13.3 Å². The minimum atomic E-state index is -5.08. The van der Waals surface area contributed by atoms with E-state index in [1.165, 1.54) is 16.7 Å². The normalized spacial score (nSPS) is 17.9. The average molecular weight is 540 g/mol. The number of ether oxygens (including phenoxy) is 1. The number of aliphatic carboxylic acids is 1. The lowest BCUT2D eigenvalue weighted by atomic mass is 9.93. The van der Waals surface area contributed by atoms with Crippen molar-refractivity contribution < 1.29 is 32.6 Å². The number of nitrogens with one attached hydrogen (secondary N) is 1. The van der Waals surface area contributed by atoms with Crippen LogP contribution >= 0.6 is 0 Å². The third kappa shape index (κ3) is 6.95. The van der Waals surface area contributed by atoms with Crippen LogP contribution in [0.5, 0.6) is 5.75 Å². The van der Waals surface area contributed by atoms with Crippen LogP contribution in [0.2, 0.25) is 0 Å². The van der Waals surface area contributed by atoms with Crippen LogP contribution in [0, 0.1) is 0 Å². The van der Waals surface area contributed by atoms with Crippen LogP contribution in [-0.4, -0.2) is 52.4 Å². The van der Waals surface area contributed by atoms with Crippen molar-refractivity contribution in [3.8, 4) is 16.9 Å². The fourth-order valence-electron chi connectivity index (χ4n) is 4.81. The molecule has 2 N–H and O–H groups in total. The van der Waals surface area contributed by atoms with Crippen LogP contribution < -0.4 is 10.1 Å². The number of urea groups is 1. The number of carbonyl (C=O) groups excluding carboxylic acids is 1. The largest absolute Gasteiger partial charge is 0.497 e. The number of carbonyl (C=O) groups is 2. The second kappa shape index (κ2) is 12.0. The Morgan fingerprint density at radius 3 is 2.36 bits per heavy atom. The number of benzene rings is 2. The number of fused-ring (bicyclic) bond motifs is 2. The molecule has 2 aromatic carbocycles. The number of carboxylic acid groups (broad SMARTS) is 1. The van der Waals surface area contributed by atoms with Crippen molar-refractivity contribution in [1.29, 1.82) is 0 Å². The molecule has 2 atom stereocenters. The summed E-state index contributed by atoms with van der Waals surface area (Å²) in [7, 11) is 1.65. The molecule has 2 aliphatic rings. The summed E-state index contributed by atoms with van der Waals surface area (Å²) in [4.78, 5) is 28.2. The van der Waals surface area contributed by atoms with Gasteiger partial charge in [-0.25, -0.2) is 9.59 Å². The number of amides is 2. The molecule has 3 aromatic rings. The summed E-state index contributed by atoms with van der Waals surface area (Å²) >= 11 is 0. The molecule has 2 bridgehead atoms. The molecule has 0 saturated carbocycles. The van der Waals surface area contributed by atoms with Gasteiger partial charge in [-0.05, 0) is 65.8 Å². The Morgan fingerprint density at radius 1 is 1.05 bits per heavy atom. The standard InChI is InChI=1S/C27H27N3O2.C2HF3O2/c1-32-26-11-7-19(8-12-26)17-29-27(31)30-24-9-10-25(30)16-23(15-24)21-5-2-4-20(14-21)22-6-3-13-28-18-22;3-2(4,5)1(6)7/h2-8,11-15,18,24-25H,9-10,16-17H2,1H3,(H,29,31);(H,6,7). The molecular weight excluding hydrogens is 511 g/mol. The van der Waals surface area contributed by atoms with E-state index >= 15 is 0 Å². The molecule has 2 amide bonds. The van der Waals surface area contributed by atoms with Gasteiger partial charge >= 0.3 is 18.2 Å². The zero-order valence-electron chi connectivity index (χ0n) is 21.2. The molecule has 1 aromatic heterocycles. The number of rotatable bonds is 5. The predicted molar refractivity (Wildman–Crippen MR) is 140 cm³/mol. The van der Waals surface area contributed by atoms with E-state index in [2.05, 4.69) is 46.7 Å². The van der Waals surface area contributed by atoms with E-state index in [0.29, 0.717) is 6.54 Å². The number of hydrogen-bond donors (Lipinski definition) is 2. The first-order valence-corrected chi connectivity index (χ1v) is 12.4. The first kappa shape index (κ1) is 27.7. The summed E-state index contributed by atoms with van der Waals surface area (Å²) < 4.78 is 36.9. The highest BCUT2D eigenvalue weighted by Gasteiger charge is 2.40. The molecule has 1 fully saturated rings. The van der Waals surface area contributed by atoms with Gasteiger partial charge in [0.05, 0.1) is 13.2 Å². The lowest BCUT2D eigenvalue weighted by Gasteiger charge is -2.34. The fourth-order valence-corrected chi connectivity index (χ4v) is 4.81. The Labute approximate surface area is 223 Å². The van der Waals surface area contributed by atoms with E-state index in [-0.39, 0.29) is 18.1 Å². The van der Waals surface area contributed by atoms with Gasteiger partial charge in [-0.2, -0.15) is 13.2 Å². The molecule has 0 radical (unpaired) electrons. The predicted octanol–water partition coefficient (Wildman–Crippen LogP) is 5.92. The summed E-state index contributed by atoms with van der Waals surface area (Å²) in [5, 5.41) is 10.2. The number of carboxylic acids is 1. The fraction of sp³-hybridized carbons (Fsp3) is 0.276. The van der Waals surface area contributed by atoms with Crippen LogP contribution in [0.1, 0.15) is 30.4 Å². The molecule has 10 heteroatoms. The molecule has 2 aliphatic heterocycles. The van der Waals surface area contributed by atoms with Gasteiger partial charge in [0.25, 0.3) is 0 Å². The maximum atomic E-state index is 13.0. The van der Waals surface area contributed by atoms with Crippen LogP contribution in [0.15, 0.2) is 79.1 Å². The molecule has 3 heterocycles. The van der Waals surface area contributed by atoms with E-state index in [9.17, 15) is 18.0 Å². The van der Waals surface area contributed by atoms with Crippen molar-refractivity contribution in [2.24, 2.45) is 0 Å². The van der Waals surface area contributed by atoms with E-state index in [1.807, 2.05) is 41.4 Å². The zero-order chi connectivity index (χ0) is 28.0. The van der Waals surface area contributed by atoms with Gasteiger partial charge in [0.15, 0.2) is 0 Å². The number of halogens is 3. The Hall–Kier alpha value is -4.34. The Kier molecular flexibility index (Phi) is 8.53. The van der Waals surface area contributed by atoms with Crippen molar-refractivity contribution in [2.45, 2.75) is 44.1 Å². The van der Waals surface area contributed by atoms with Gasteiger partial charge < -0.3 is 20.1 Å². The van der Waals surface area contributed by atoms with Gasteiger partial charge in [-0.1, -0.05) is 42.5 Å². The first-order chi connectivity index (χ1) is 18.7. The second-order valence-corrected chi connectivity index (χ2v) is 9.23. The number of nitrogens with zero attached hydrogens (tertiary/aromatic N) is 2. The molecule has 7 nitrogen and oxygen atoms in total. The minimum absolute atomic E-state index is 0.0210. The monoisotopic (exact) mass is 539 g/mol. The summed E-state index contributed by atoms with van der Waals surface area (Å²) in [6, 6.07) is 20.9. The number of methoxy groups -OCH3 is 1. The molecule has 1 saturated heterocycles. The van der Waals surface area contributed by atoms with Crippen molar-refractivity contribution in [2.75, 3.05) is 7.11 Å². The molecule has 5 rings (SSSR count). The SMILES string of the molecule is COc1ccc(CNC(=O)N2C3C=C(c4cccc(-c5cccnc5)c4)CC2CC3)cc1.O=C(O)C(F)(F)F. The maximum absolute atomic E-state index is 13.0. The van der Waals surface area contributed by atoms with E-state index in [0.717, 1.165) is 36.1 Å². The Morgan fingerprint density at radius 2 is 1.74 bits per heavy atom. The van der Waals surface area contributed by atoms with E-state index in [4.69, 9.17) is 14.6 Å². The highest BCUT2D eigenvalue weighted by Crippen LogP contribution is 2.39. The summed E-state index contributed by atoms with van der Waals surface area (Å²) in [5.74, 6) is -1.94. The van der Waals surface area contributed by atoms with E-state index < -0.39 is 12.1 Å². The highest BCUT2D eigenvalue weighted by molar-refractivity contribution is 5.80. The number of alkyl halides is 3. The topological polar surface area (TPSA) is 91.8 Å². The Balaban J connectivity index is 0.000000448. The molecule has 204 valence electrons. The third-order valence-corrected chi connectivity index (χ3v) is 6.70. The molecule has 39 heavy (non-hydrogen) atoms. The zero-order valence-corrected chi connectivity index (χ0v) is 21.2. The maximum Gasteiger partial charge on any atom is 0.490 e. The lowest BCUT2D eigenvalue weighted by Crippen LogP contribution is -2.48. The smallest absolute Gasteiger partial charge is 0.490 e. The lowest BCUT2D eigenvalue weighted by molar-refractivity contribution is -0.192. The summed E-state index contributed by atoms with van der Waals surface area (Å²) in [5.41, 5.74) is 5.92. The van der Waals surface area contributed by atoms with Gasteiger partial charge in [0, 0.05) is 30.5 Å². The molecular formula is C29H28F3N3O4. The van der Waals surface area contributed by atoms with Gasteiger partial charge in [0.2, 0.25) is 0 Å². The van der Waals surface area contributed by atoms with Crippen LogP contribution in [0.3, 0.4) is 0 Å². The average Bonchev–Trinajstić information content (AvgIpc) is 3.21. The van der Waals surface area contributed by atoms with Crippen LogP contribution in [-0.2, 0) is 11.3 Å². The van der Waals surface area contributed by atoms with Crippen molar-refractivity contribution in [1.82, 2.24) is 15.2 Å². The van der Waals surface area contributed by atoms with Gasteiger partial charge in [0.1, 0.15) is 5.75 Å². The number of hydrogen-bond acceptors (Lipinski definition) is 4. The summed E-state index contributed by atoms with van der Waals surface area (Å²) in [6.07, 6.45) is 3.85. The second-order valence-electron chi connectivity index (χ2n) is 9.23. The third-order valence-electron chi connectivity index (χ3n) is 6.70. The Bertz CT molecular complexity index is 1330. The van der Waals surface area contributed by atoms with Gasteiger partial charge in [-0.15, -0.1) is 0 Å². The quantitative estimate of drug-likeness (QED) is 0.420. The summed E-state index contributed by atoms with van der Waals surface area (Å²) in [6.45, 7) is 0.516. The molecule has 0 spiro atoms.